The molecule has 0 aromatic rings. The van der Waals surface area contributed by atoms with Crippen LogP contribution in [0.25, 0.3) is 0 Å². The van der Waals surface area contributed by atoms with E-state index in [0.29, 0.717) is 12.5 Å². The molecule has 0 amide bonds. The van der Waals surface area contributed by atoms with Crippen LogP contribution in [0.4, 0.5) is 0 Å². The summed E-state index contributed by atoms with van der Waals surface area (Å²) in [6.07, 6.45) is -0.560. The van der Waals surface area contributed by atoms with E-state index in [1.807, 2.05) is 6.92 Å². The Kier molecular flexibility index (Phi) is 1.79. The molecular weight excluding hydrogens is 168 g/mol. The molecule has 1 saturated heterocycles. The third kappa shape index (κ3) is 0.953. The zero-order chi connectivity index (χ0) is 9.85. The van der Waals surface area contributed by atoms with E-state index < -0.39 is 17.8 Å². The van der Waals surface area contributed by atoms with E-state index in [1.54, 1.807) is 0 Å². The van der Waals surface area contributed by atoms with Crippen LogP contribution < -0.4 is 0 Å². The van der Waals surface area contributed by atoms with Gasteiger partial charge in [0.25, 0.3) is 0 Å². The van der Waals surface area contributed by atoms with Crippen LogP contribution in [0.15, 0.2) is 0 Å². The summed E-state index contributed by atoms with van der Waals surface area (Å²) in [6.45, 7) is 6.63. The van der Waals surface area contributed by atoms with Crippen LogP contribution in [-0.2, 0) is 4.74 Å². The zero-order valence-electron chi connectivity index (χ0n) is 8.45. The van der Waals surface area contributed by atoms with Crippen LogP contribution in [0.3, 0.4) is 0 Å². The molecule has 0 spiro atoms. The first-order chi connectivity index (χ1) is 5.92. The predicted octanol–water partition coefficient (Wildman–Crippen LogP) is 0.543. The quantitative estimate of drug-likeness (QED) is 0.628. The third-order valence-corrected chi connectivity index (χ3v) is 4.01. The van der Waals surface area contributed by atoms with Crippen LogP contribution in [-0.4, -0.2) is 34.6 Å². The van der Waals surface area contributed by atoms with E-state index in [9.17, 15) is 10.2 Å². The maximum atomic E-state index is 9.94. The van der Waals surface area contributed by atoms with Crippen molar-refractivity contribution in [2.75, 3.05) is 6.61 Å². The second kappa shape index (κ2) is 2.47. The van der Waals surface area contributed by atoms with E-state index in [2.05, 4.69) is 13.8 Å². The first-order valence-corrected chi connectivity index (χ1v) is 4.92. The van der Waals surface area contributed by atoms with Gasteiger partial charge in [-0.1, -0.05) is 13.8 Å². The molecule has 1 aliphatic carbocycles. The summed E-state index contributed by atoms with van der Waals surface area (Å²) in [5, 5.41) is 19.7. The molecule has 2 rings (SSSR count). The van der Waals surface area contributed by atoms with Crippen LogP contribution in [0.2, 0.25) is 0 Å². The number of rotatable bonds is 1. The molecule has 4 unspecified atom stereocenters. The number of aliphatic hydroxyl groups excluding tert-OH is 2. The lowest BCUT2D eigenvalue weighted by Gasteiger charge is -2.38. The van der Waals surface area contributed by atoms with Crippen LogP contribution in [0, 0.1) is 11.3 Å². The molecule has 1 heterocycles. The summed E-state index contributed by atoms with van der Waals surface area (Å²) < 4.78 is 5.58. The minimum Gasteiger partial charge on any atom is -0.390 e. The SMILES string of the molecule is CC(C)C12COC(C)(C1)C(O)C2O. The Bertz CT molecular complexity index is 228. The Labute approximate surface area is 78.7 Å². The standard InChI is InChI=1S/C10H18O3/c1-6(2)10-4-9(3,13-5-10)7(11)8(10)12/h6-8,11-12H,4-5H2,1-3H3. The molecule has 2 N–H and O–H groups in total. The predicted molar refractivity (Wildman–Crippen MR) is 48.3 cm³/mol. The molecule has 4 atom stereocenters. The average Bonchev–Trinajstić information content (AvgIpc) is 2.50. The maximum absolute atomic E-state index is 9.94. The topological polar surface area (TPSA) is 49.7 Å². The third-order valence-electron chi connectivity index (χ3n) is 4.01. The number of ether oxygens (including phenoxy) is 1. The van der Waals surface area contributed by atoms with Gasteiger partial charge in [0.1, 0.15) is 6.10 Å². The molecule has 3 heteroatoms. The fraction of sp³-hybridized carbons (Fsp3) is 1.00. The molecule has 0 aromatic heterocycles. The van der Waals surface area contributed by atoms with Gasteiger partial charge in [-0.2, -0.15) is 0 Å². The second-order valence-electron chi connectivity index (χ2n) is 5.06. The minimum absolute atomic E-state index is 0.214. The van der Waals surface area contributed by atoms with E-state index in [0.717, 1.165) is 6.42 Å². The molecule has 13 heavy (non-hydrogen) atoms. The van der Waals surface area contributed by atoms with Crippen LogP contribution in [0.5, 0.6) is 0 Å². The van der Waals surface area contributed by atoms with Crippen molar-refractivity contribution in [3.8, 4) is 0 Å². The Balaban J connectivity index is 2.34. The monoisotopic (exact) mass is 186 g/mol. The van der Waals surface area contributed by atoms with Gasteiger partial charge < -0.3 is 14.9 Å². The second-order valence-corrected chi connectivity index (χ2v) is 5.06. The zero-order valence-corrected chi connectivity index (χ0v) is 8.45. The molecule has 1 aliphatic heterocycles. The van der Waals surface area contributed by atoms with Gasteiger partial charge in [-0.15, -0.1) is 0 Å². The number of hydrogen-bond donors (Lipinski definition) is 2. The highest BCUT2D eigenvalue weighted by atomic mass is 16.5. The molecule has 2 fully saturated rings. The normalized spacial score (nSPS) is 54.9. The maximum Gasteiger partial charge on any atom is 0.109 e. The van der Waals surface area contributed by atoms with E-state index in [4.69, 9.17) is 4.74 Å². The molecule has 3 nitrogen and oxygen atoms in total. The molecule has 2 aliphatic rings. The van der Waals surface area contributed by atoms with Crippen molar-refractivity contribution in [2.24, 2.45) is 11.3 Å². The molecule has 0 aromatic carbocycles. The largest absolute Gasteiger partial charge is 0.390 e. The lowest BCUT2D eigenvalue weighted by atomic mass is 9.75. The summed E-state index contributed by atoms with van der Waals surface area (Å²) in [5.74, 6) is 0.349. The van der Waals surface area contributed by atoms with Crippen molar-refractivity contribution >= 4 is 0 Å². The first-order valence-electron chi connectivity index (χ1n) is 4.92. The average molecular weight is 186 g/mol. The fourth-order valence-electron chi connectivity index (χ4n) is 2.80. The lowest BCUT2D eigenvalue weighted by Crippen LogP contribution is -2.50. The smallest absolute Gasteiger partial charge is 0.109 e. The summed E-state index contributed by atoms with van der Waals surface area (Å²) in [4.78, 5) is 0. The highest BCUT2D eigenvalue weighted by molar-refractivity contribution is 5.14. The number of fused-ring (bicyclic) bond motifs is 2. The molecule has 2 bridgehead atoms. The van der Waals surface area contributed by atoms with Gasteiger partial charge in [0.2, 0.25) is 0 Å². The minimum atomic E-state index is -0.719. The Morgan fingerprint density at radius 2 is 1.92 bits per heavy atom. The van der Waals surface area contributed by atoms with Crippen molar-refractivity contribution in [3.05, 3.63) is 0 Å². The first kappa shape index (κ1) is 9.44. The van der Waals surface area contributed by atoms with Gasteiger partial charge in [0.05, 0.1) is 18.3 Å². The molecule has 76 valence electrons. The molecule has 0 radical (unpaired) electrons. The Morgan fingerprint density at radius 1 is 1.31 bits per heavy atom. The Morgan fingerprint density at radius 3 is 2.23 bits per heavy atom. The summed E-state index contributed by atoms with van der Waals surface area (Å²) in [5.41, 5.74) is -0.724. The summed E-state index contributed by atoms with van der Waals surface area (Å²) in [6, 6.07) is 0. The fourth-order valence-corrected chi connectivity index (χ4v) is 2.80. The molecular formula is C10H18O3. The van der Waals surface area contributed by atoms with E-state index in [-0.39, 0.29) is 5.41 Å². The lowest BCUT2D eigenvalue weighted by molar-refractivity contribution is -0.167. The van der Waals surface area contributed by atoms with Crippen LogP contribution >= 0.6 is 0 Å². The van der Waals surface area contributed by atoms with Gasteiger partial charge in [-0.25, -0.2) is 0 Å². The van der Waals surface area contributed by atoms with E-state index >= 15 is 0 Å². The van der Waals surface area contributed by atoms with Crippen molar-refractivity contribution in [1.82, 2.24) is 0 Å². The van der Waals surface area contributed by atoms with Gasteiger partial charge in [0.15, 0.2) is 0 Å². The summed E-state index contributed by atoms with van der Waals surface area (Å²) >= 11 is 0. The van der Waals surface area contributed by atoms with Gasteiger partial charge >= 0.3 is 0 Å². The van der Waals surface area contributed by atoms with Gasteiger partial charge in [-0.3, -0.25) is 0 Å². The van der Waals surface area contributed by atoms with Gasteiger partial charge in [-0.05, 0) is 19.3 Å². The molecule has 1 saturated carbocycles. The number of aliphatic hydroxyl groups is 2. The summed E-state index contributed by atoms with van der Waals surface area (Å²) in [7, 11) is 0. The number of hydrogen-bond acceptors (Lipinski definition) is 3. The Hall–Kier alpha value is -0.120. The van der Waals surface area contributed by atoms with Crippen molar-refractivity contribution in [3.63, 3.8) is 0 Å². The highest BCUT2D eigenvalue weighted by Gasteiger charge is 2.65. The van der Waals surface area contributed by atoms with E-state index in [1.165, 1.54) is 0 Å². The van der Waals surface area contributed by atoms with Crippen molar-refractivity contribution in [1.29, 1.82) is 0 Å². The van der Waals surface area contributed by atoms with Gasteiger partial charge in [0, 0.05) is 5.41 Å². The highest BCUT2D eigenvalue weighted by Crippen LogP contribution is 2.56. The van der Waals surface area contributed by atoms with Crippen LogP contribution in [0.1, 0.15) is 27.2 Å². The van der Waals surface area contributed by atoms with Crippen molar-refractivity contribution in [2.45, 2.75) is 45.0 Å². The van der Waals surface area contributed by atoms with Crippen molar-refractivity contribution < 1.29 is 14.9 Å².